The van der Waals surface area contributed by atoms with E-state index in [0.29, 0.717) is 5.75 Å². The van der Waals surface area contributed by atoms with Crippen molar-refractivity contribution in [2.24, 2.45) is 0 Å². The summed E-state index contributed by atoms with van der Waals surface area (Å²) in [6.45, 7) is 0.232. The normalized spacial score (nSPS) is 11.1. The Balaban J connectivity index is 1.64. The van der Waals surface area contributed by atoms with Gasteiger partial charge in [0.15, 0.2) is 9.84 Å². The number of hydrogen-bond acceptors (Lipinski definition) is 7. The van der Waals surface area contributed by atoms with Crippen molar-refractivity contribution < 1.29 is 22.4 Å². The van der Waals surface area contributed by atoms with E-state index in [1.165, 1.54) is 12.1 Å². The van der Waals surface area contributed by atoms with Gasteiger partial charge in [-0.15, -0.1) is 10.2 Å². The van der Waals surface area contributed by atoms with Gasteiger partial charge in [-0.2, -0.15) is 0 Å². The quantitative estimate of drug-likeness (QED) is 0.660. The minimum Gasteiger partial charge on any atom is -0.497 e. The molecule has 0 atom stereocenters. The zero-order valence-electron chi connectivity index (χ0n) is 14.5. The molecule has 3 rings (SSSR count). The van der Waals surface area contributed by atoms with Gasteiger partial charge >= 0.3 is 11.8 Å². The summed E-state index contributed by atoms with van der Waals surface area (Å²) in [4.78, 5) is 12.3. The lowest BCUT2D eigenvalue weighted by Gasteiger charge is -2.05. The number of carbonyl (C=O) groups excluding carboxylic acids is 1. The van der Waals surface area contributed by atoms with Gasteiger partial charge in [-0.1, -0.05) is 30.3 Å². The van der Waals surface area contributed by atoms with E-state index in [4.69, 9.17) is 9.15 Å². The number of nitrogens with zero attached hydrogens (tertiary/aromatic N) is 2. The Morgan fingerprint density at radius 1 is 1.11 bits per heavy atom. The van der Waals surface area contributed by atoms with E-state index in [1.807, 2.05) is 6.07 Å². The van der Waals surface area contributed by atoms with Crippen molar-refractivity contribution >= 4 is 15.7 Å². The summed E-state index contributed by atoms with van der Waals surface area (Å²) in [5, 5.41) is 9.91. The fraction of sp³-hybridized carbons (Fsp3) is 0.167. The van der Waals surface area contributed by atoms with Crippen molar-refractivity contribution in [1.82, 2.24) is 15.5 Å². The summed E-state index contributed by atoms with van der Waals surface area (Å²) in [6, 6.07) is 15.1. The molecular formula is C18H17N3O5S. The zero-order chi connectivity index (χ0) is 19.3. The average molecular weight is 387 g/mol. The summed E-state index contributed by atoms with van der Waals surface area (Å²) in [6.07, 6.45) is 0. The van der Waals surface area contributed by atoms with E-state index < -0.39 is 21.5 Å². The summed E-state index contributed by atoms with van der Waals surface area (Å²) in [7, 11) is -2.07. The van der Waals surface area contributed by atoms with Crippen LogP contribution in [0.2, 0.25) is 0 Å². The molecule has 0 bridgehead atoms. The van der Waals surface area contributed by atoms with Crippen LogP contribution in [0.5, 0.6) is 5.75 Å². The van der Waals surface area contributed by atoms with Crippen LogP contribution in [0, 0.1) is 0 Å². The van der Waals surface area contributed by atoms with E-state index in [2.05, 4.69) is 15.5 Å². The second kappa shape index (κ2) is 8.00. The Kier molecular flexibility index (Phi) is 5.51. The number of hydrogen-bond donors (Lipinski definition) is 1. The maximum atomic E-state index is 12.3. The lowest BCUT2D eigenvalue weighted by Crippen LogP contribution is -2.23. The van der Waals surface area contributed by atoms with Crippen LogP contribution >= 0.6 is 0 Å². The second-order valence-electron chi connectivity index (χ2n) is 5.61. The topological polar surface area (TPSA) is 111 Å². The largest absolute Gasteiger partial charge is 0.497 e. The molecule has 1 heterocycles. The number of benzene rings is 2. The lowest BCUT2D eigenvalue weighted by atomic mass is 10.2. The molecule has 140 valence electrons. The molecule has 0 saturated heterocycles. The molecular weight excluding hydrogens is 370 g/mol. The van der Waals surface area contributed by atoms with E-state index in [0.717, 1.165) is 5.56 Å². The number of rotatable bonds is 7. The minimum absolute atomic E-state index is 0.146. The monoisotopic (exact) mass is 387 g/mol. The third-order valence-corrected chi connectivity index (χ3v) is 5.28. The molecule has 1 N–H and O–H groups in total. The maximum absolute atomic E-state index is 12.3. The van der Waals surface area contributed by atoms with Crippen molar-refractivity contribution in [3.63, 3.8) is 0 Å². The fourth-order valence-electron chi connectivity index (χ4n) is 2.32. The van der Waals surface area contributed by atoms with Crippen molar-refractivity contribution in [2.75, 3.05) is 7.11 Å². The first kappa shape index (κ1) is 18.6. The van der Waals surface area contributed by atoms with Crippen LogP contribution < -0.4 is 10.1 Å². The number of aromatic nitrogens is 2. The minimum atomic E-state index is -3.63. The fourth-order valence-corrected chi connectivity index (χ4v) is 3.50. The predicted octanol–water partition coefficient (Wildman–Crippen LogP) is 1.98. The third-order valence-electron chi connectivity index (χ3n) is 3.66. The zero-order valence-corrected chi connectivity index (χ0v) is 15.3. The van der Waals surface area contributed by atoms with Crippen LogP contribution in [0.15, 0.2) is 63.9 Å². The molecule has 1 amide bonds. The first-order valence-electron chi connectivity index (χ1n) is 7.99. The average Bonchev–Trinajstić information content (AvgIpc) is 3.15. The van der Waals surface area contributed by atoms with E-state index in [1.54, 1.807) is 43.5 Å². The van der Waals surface area contributed by atoms with Crippen molar-refractivity contribution in [3.8, 4) is 5.75 Å². The Morgan fingerprint density at radius 3 is 2.63 bits per heavy atom. The van der Waals surface area contributed by atoms with Crippen LogP contribution in [0.1, 0.15) is 22.1 Å². The van der Waals surface area contributed by atoms with Gasteiger partial charge in [-0.25, -0.2) is 8.42 Å². The maximum Gasteiger partial charge on any atom is 0.309 e. The molecule has 1 aromatic heterocycles. The van der Waals surface area contributed by atoms with Crippen LogP contribution in [0.25, 0.3) is 0 Å². The van der Waals surface area contributed by atoms with E-state index in [-0.39, 0.29) is 23.2 Å². The molecule has 0 radical (unpaired) electrons. The molecule has 0 unspecified atom stereocenters. The standard InChI is InChI=1S/C18H17N3O5S/c1-25-14-7-5-6-13(10-14)11-19-17(22)18-21-20-16(26-18)12-27(23,24)15-8-3-2-4-9-15/h2-10H,11-12H2,1H3,(H,19,22). The Bertz CT molecular complexity index is 1030. The highest BCUT2D eigenvalue weighted by atomic mass is 32.2. The van der Waals surface area contributed by atoms with Crippen molar-refractivity contribution in [2.45, 2.75) is 17.2 Å². The Hall–Kier alpha value is -3.20. The lowest BCUT2D eigenvalue weighted by molar-refractivity contribution is 0.0914. The number of ether oxygens (including phenoxy) is 1. The van der Waals surface area contributed by atoms with Crippen molar-refractivity contribution in [3.05, 3.63) is 71.9 Å². The first-order chi connectivity index (χ1) is 13.0. The molecule has 8 nitrogen and oxygen atoms in total. The van der Waals surface area contributed by atoms with Gasteiger partial charge in [0.05, 0.1) is 12.0 Å². The molecule has 0 aliphatic heterocycles. The number of methoxy groups -OCH3 is 1. The molecule has 2 aromatic carbocycles. The highest BCUT2D eigenvalue weighted by Crippen LogP contribution is 2.16. The summed E-state index contributed by atoms with van der Waals surface area (Å²) < 4.78 is 34.9. The Morgan fingerprint density at radius 2 is 1.89 bits per heavy atom. The van der Waals surface area contributed by atoms with Gasteiger partial charge in [0.1, 0.15) is 11.5 Å². The molecule has 0 aliphatic carbocycles. The van der Waals surface area contributed by atoms with Crippen molar-refractivity contribution in [1.29, 1.82) is 0 Å². The van der Waals surface area contributed by atoms with Gasteiger partial charge in [-0.3, -0.25) is 4.79 Å². The van der Waals surface area contributed by atoms with E-state index >= 15 is 0 Å². The van der Waals surface area contributed by atoms with E-state index in [9.17, 15) is 13.2 Å². The van der Waals surface area contributed by atoms with Gasteiger partial charge in [0.25, 0.3) is 0 Å². The smallest absolute Gasteiger partial charge is 0.309 e. The van der Waals surface area contributed by atoms with Gasteiger partial charge in [-0.05, 0) is 29.8 Å². The van der Waals surface area contributed by atoms with Crippen LogP contribution in [-0.4, -0.2) is 31.6 Å². The molecule has 9 heteroatoms. The van der Waals surface area contributed by atoms with Gasteiger partial charge < -0.3 is 14.5 Å². The summed E-state index contributed by atoms with van der Waals surface area (Å²) in [5.41, 5.74) is 0.828. The SMILES string of the molecule is COc1cccc(CNC(=O)c2nnc(CS(=O)(=O)c3ccccc3)o2)c1. The van der Waals surface area contributed by atoms with Gasteiger partial charge in [0.2, 0.25) is 5.89 Å². The number of carbonyl (C=O) groups is 1. The predicted molar refractivity (Wildman–Crippen MR) is 95.8 cm³/mol. The highest BCUT2D eigenvalue weighted by molar-refractivity contribution is 7.90. The molecule has 0 saturated carbocycles. The van der Waals surface area contributed by atoms with Crippen LogP contribution in [0.4, 0.5) is 0 Å². The molecule has 0 spiro atoms. The van der Waals surface area contributed by atoms with Gasteiger partial charge in [0, 0.05) is 6.54 Å². The Labute approximate surface area is 156 Å². The summed E-state index contributed by atoms with van der Waals surface area (Å²) in [5.74, 6) is -0.837. The number of sulfone groups is 1. The van der Waals surface area contributed by atoms with Crippen LogP contribution in [0.3, 0.4) is 0 Å². The number of nitrogens with one attached hydrogen (secondary N) is 1. The molecule has 27 heavy (non-hydrogen) atoms. The highest BCUT2D eigenvalue weighted by Gasteiger charge is 2.21. The molecule has 0 fully saturated rings. The number of amides is 1. The molecule has 0 aliphatic rings. The first-order valence-corrected chi connectivity index (χ1v) is 9.64. The third kappa shape index (κ3) is 4.70. The summed E-state index contributed by atoms with van der Waals surface area (Å²) >= 11 is 0. The molecule has 3 aromatic rings. The van der Waals surface area contributed by atoms with Crippen LogP contribution in [-0.2, 0) is 22.1 Å². The second-order valence-corrected chi connectivity index (χ2v) is 7.60.